The molecule has 0 spiro atoms. The molecule has 0 aliphatic carbocycles. The average molecular weight is 345 g/mol. The van der Waals surface area contributed by atoms with Gasteiger partial charge in [0.15, 0.2) is 0 Å². The van der Waals surface area contributed by atoms with Gasteiger partial charge in [-0.15, -0.1) is 0 Å². The maximum atomic E-state index is 3.80. The molecule has 1 atom stereocenters. The largest absolute Gasteiger partial charge is 0.315 e. The van der Waals surface area contributed by atoms with Crippen molar-refractivity contribution in [1.29, 1.82) is 0 Å². The van der Waals surface area contributed by atoms with Crippen molar-refractivity contribution in [2.45, 2.75) is 24.3 Å². The van der Waals surface area contributed by atoms with Crippen LogP contribution in [0.2, 0.25) is 0 Å². The third kappa shape index (κ3) is 3.70. The van der Waals surface area contributed by atoms with Crippen molar-refractivity contribution in [2.75, 3.05) is 29.9 Å². The number of anilines is 1. The van der Waals surface area contributed by atoms with Crippen LogP contribution in [0.3, 0.4) is 0 Å². The third-order valence-electron chi connectivity index (χ3n) is 4.18. The molecule has 0 radical (unpaired) electrons. The number of nitrogens with one attached hydrogen (secondary N) is 1. The lowest BCUT2D eigenvalue weighted by atomic mass is 9.96. The van der Waals surface area contributed by atoms with Crippen molar-refractivity contribution in [3.63, 3.8) is 0 Å². The summed E-state index contributed by atoms with van der Waals surface area (Å²) < 4.78 is 2.29. The van der Waals surface area contributed by atoms with E-state index in [4.69, 9.17) is 0 Å². The minimum atomic E-state index is 0.265. The first kappa shape index (κ1) is 16.7. The molecule has 0 aromatic heterocycles. The van der Waals surface area contributed by atoms with E-state index >= 15 is 0 Å². The van der Waals surface area contributed by atoms with Crippen LogP contribution in [0.25, 0.3) is 0 Å². The number of hydrogen-bond acceptors (Lipinski definition) is 4. The number of fused-ring (bicyclic) bond motifs is 2. The molecule has 3 rings (SSSR count). The van der Waals surface area contributed by atoms with Gasteiger partial charge in [-0.25, -0.2) is 0 Å². The Bertz CT molecular complexity index is 672. The first-order valence-electron chi connectivity index (χ1n) is 8.04. The highest BCUT2D eigenvalue weighted by molar-refractivity contribution is 8.00. The van der Waals surface area contributed by atoms with Gasteiger partial charge >= 0.3 is 0 Å². The molecule has 2 aromatic rings. The van der Waals surface area contributed by atoms with E-state index in [9.17, 15) is 0 Å². The Kier molecular flexibility index (Phi) is 5.57. The molecule has 2 aromatic carbocycles. The van der Waals surface area contributed by atoms with Crippen molar-refractivity contribution < 1.29 is 0 Å². The molecule has 1 unspecified atom stereocenters. The van der Waals surface area contributed by atoms with Crippen LogP contribution in [-0.2, 0) is 0 Å². The van der Waals surface area contributed by atoms with Gasteiger partial charge in [0, 0.05) is 11.9 Å². The summed E-state index contributed by atoms with van der Waals surface area (Å²) >= 11 is 3.74. The Morgan fingerprint density at radius 2 is 2.00 bits per heavy atom. The number of para-hydroxylation sites is 1. The van der Waals surface area contributed by atoms with E-state index in [1.807, 2.05) is 23.7 Å². The topological polar surface area (TPSA) is 15.3 Å². The first-order valence-corrected chi connectivity index (χ1v) is 10.2. The van der Waals surface area contributed by atoms with Crippen molar-refractivity contribution in [3.8, 4) is 0 Å². The molecule has 0 amide bonds. The summed E-state index contributed by atoms with van der Waals surface area (Å²) in [6, 6.07) is 15.8. The molecule has 0 fully saturated rings. The maximum absolute atomic E-state index is 3.80. The SMILES string of the molecule is CSCCCNC1c2ccc(C)cc2SN(C)c2ccccc21. The van der Waals surface area contributed by atoms with Crippen molar-refractivity contribution in [1.82, 2.24) is 5.32 Å². The van der Waals surface area contributed by atoms with Gasteiger partial charge in [0.2, 0.25) is 0 Å². The van der Waals surface area contributed by atoms with E-state index in [1.54, 1.807) is 0 Å². The Morgan fingerprint density at radius 3 is 2.83 bits per heavy atom. The monoisotopic (exact) mass is 344 g/mol. The summed E-state index contributed by atoms with van der Waals surface area (Å²) in [5, 5.41) is 3.80. The van der Waals surface area contributed by atoms with E-state index in [2.05, 4.69) is 72.3 Å². The summed E-state index contributed by atoms with van der Waals surface area (Å²) in [5.41, 5.74) is 5.38. The molecule has 1 heterocycles. The fourth-order valence-corrected chi connectivity index (χ4v) is 4.55. The molecule has 122 valence electrons. The van der Waals surface area contributed by atoms with Gasteiger partial charge in [-0.2, -0.15) is 11.8 Å². The Labute approximate surface area is 148 Å². The Balaban J connectivity index is 1.99. The second-order valence-electron chi connectivity index (χ2n) is 5.92. The second kappa shape index (κ2) is 7.65. The fourth-order valence-electron chi connectivity index (χ4n) is 3.02. The molecule has 4 heteroatoms. The first-order chi connectivity index (χ1) is 11.2. The van der Waals surface area contributed by atoms with E-state index in [1.165, 1.54) is 39.4 Å². The van der Waals surface area contributed by atoms with Crippen LogP contribution < -0.4 is 9.62 Å². The Morgan fingerprint density at radius 1 is 1.17 bits per heavy atom. The lowest BCUT2D eigenvalue weighted by Crippen LogP contribution is -2.24. The molecule has 0 saturated carbocycles. The van der Waals surface area contributed by atoms with Gasteiger partial charge in [0.1, 0.15) is 0 Å². The molecule has 1 aliphatic heterocycles. The lowest BCUT2D eigenvalue weighted by molar-refractivity contribution is 0.595. The lowest BCUT2D eigenvalue weighted by Gasteiger charge is -2.22. The van der Waals surface area contributed by atoms with E-state index in [-0.39, 0.29) is 6.04 Å². The molecule has 1 N–H and O–H groups in total. The number of aryl methyl sites for hydroxylation is 1. The molecular formula is C19H24N2S2. The van der Waals surface area contributed by atoms with Crippen molar-refractivity contribution in [3.05, 3.63) is 59.2 Å². The highest BCUT2D eigenvalue weighted by atomic mass is 32.2. The van der Waals surface area contributed by atoms with E-state index < -0.39 is 0 Å². The summed E-state index contributed by atoms with van der Waals surface area (Å²) in [6.45, 7) is 3.21. The van der Waals surface area contributed by atoms with Crippen LogP contribution in [0.4, 0.5) is 5.69 Å². The van der Waals surface area contributed by atoms with Gasteiger partial charge in [-0.05, 0) is 72.7 Å². The average Bonchev–Trinajstić information content (AvgIpc) is 2.66. The number of rotatable bonds is 5. The van der Waals surface area contributed by atoms with Gasteiger partial charge in [0.05, 0.1) is 11.7 Å². The van der Waals surface area contributed by atoms with Crippen LogP contribution in [0.1, 0.15) is 29.2 Å². The smallest absolute Gasteiger partial charge is 0.0609 e. The predicted octanol–water partition coefficient (Wildman–Crippen LogP) is 4.88. The molecule has 1 aliphatic rings. The molecule has 23 heavy (non-hydrogen) atoms. The quantitative estimate of drug-likeness (QED) is 0.614. The van der Waals surface area contributed by atoms with Gasteiger partial charge in [-0.1, -0.05) is 30.3 Å². The summed E-state index contributed by atoms with van der Waals surface area (Å²) in [6.07, 6.45) is 3.37. The highest BCUT2D eigenvalue weighted by Gasteiger charge is 2.25. The van der Waals surface area contributed by atoms with Gasteiger partial charge < -0.3 is 9.62 Å². The number of benzene rings is 2. The van der Waals surface area contributed by atoms with Gasteiger partial charge in [0.25, 0.3) is 0 Å². The van der Waals surface area contributed by atoms with Crippen LogP contribution in [-0.4, -0.2) is 25.6 Å². The standard InChI is InChI=1S/C19H24N2S2/c1-14-9-10-16-18(13-14)23-21(2)17-8-5-4-7-15(17)19(16)20-11-6-12-22-3/h4-5,7-10,13,19-20H,6,11-12H2,1-3H3. The molecule has 0 bridgehead atoms. The number of nitrogens with zero attached hydrogens (tertiary/aromatic N) is 1. The summed E-state index contributed by atoms with van der Waals surface area (Å²) in [4.78, 5) is 1.35. The summed E-state index contributed by atoms with van der Waals surface area (Å²) in [5.74, 6) is 1.21. The summed E-state index contributed by atoms with van der Waals surface area (Å²) in [7, 11) is 2.16. The minimum absolute atomic E-state index is 0.265. The maximum Gasteiger partial charge on any atom is 0.0609 e. The predicted molar refractivity (Wildman–Crippen MR) is 105 cm³/mol. The molecular weight excluding hydrogens is 320 g/mol. The van der Waals surface area contributed by atoms with Gasteiger partial charge in [-0.3, -0.25) is 0 Å². The highest BCUT2D eigenvalue weighted by Crippen LogP contribution is 2.43. The van der Waals surface area contributed by atoms with Crippen molar-refractivity contribution >= 4 is 29.4 Å². The van der Waals surface area contributed by atoms with E-state index in [0.717, 1.165) is 6.54 Å². The zero-order valence-electron chi connectivity index (χ0n) is 14.0. The van der Waals surface area contributed by atoms with Crippen LogP contribution in [0.5, 0.6) is 0 Å². The molecule has 0 saturated heterocycles. The van der Waals surface area contributed by atoms with Crippen LogP contribution >= 0.6 is 23.7 Å². The number of hydrogen-bond donors (Lipinski definition) is 1. The van der Waals surface area contributed by atoms with Crippen LogP contribution in [0, 0.1) is 6.92 Å². The Hall–Kier alpha value is -1.10. The zero-order valence-corrected chi connectivity index (χ0v) is 15.6. The number of thioether (sulfide) groups is 1. The normalized spacial score (nSPS) is 16.7. The van der Waals surface area contributed by atoms with Crippen molar-refractivity contribution in [2.24, 2.45) is 0 Å². The molecule has 2 nitrogen and oxygen atoms in total. The van der Waals surface area contributed by atoms with Crippen LogP contribution in [0.15, 0.2) is 47.4 Å². The minimum Gasteiger partial charge on any atom is -0.315 e. The van der Waals surface area contributed by atoms with E-state index in [0.29, 0.717) is 0 Å². The third-order valence-corrected chi connectivity index (χ3v) is 5.89. The zero-order chi connectivity index (χ0) is 16.2. The second-order valence-corrected chi connectivity index (χ2v) is 8.08. The fraction of sp³-hybridized carbons (Fsp3) is 0.368.